The largest absolute Gasteiger partial charge is 0.325 e. The molecule has 0 saturated heterocycles. The predicted molar refractivity (Wildman–Crippen MR) is 102 cm³/mol. The van der Waals surface area contributed by atoms with E-state index >= 15 is 0 Å². The Balaban J connectivity index is 1.77. The van der Waals surface area contributed by atoms with Gasteiger partial charge < -0.3 is 5.32 Å². The highest BCUT2D eigenvalue weighted by Crippen LogP contribution is 2.23. The summed E-state index contributed by atoms with van der Waals surface area (Å²) in [7, 11) is -2.60. The SMILES string of the molecule is CC(=O)c1cccc(NC(=O)CN(C)S(=O)(=O)c2cccc3nsnc23)c1. The van der Waals surface area contributed by atoms with Crippen LogP contribution in [0.4, 0.5) is 5.69 Å². The van der Waals surface area contributed by atoms with Gasteiger partial charge in [0.05, 0.1) is 18.3 Å². The lowest BCUT2D eigenvalue weighted by molar-refractivity contribution is -0.116. The number of anilines is 1. The van der Waals surface area contributed by atoms with Crippen LogP contribution in [0.15, 0.2) is 47.4 Å². The van der Waals surface area contributed by atoms with E-state index < -0.39 is 15.9 Å². The summed E-state index contributed by atoms with van der Waals surface area (Å²) in [5.74, 6) is -0.652. The minimum absolute atomic E-state index is 0.00243. The Morgan fingerprint density at radius 1 is 1.15 bits per heavy atom. The van der Waals surface area contributed by atoms with Gasteiger partial charge in [-0.2, -0.15) is 13.1 Å². The molecule has 140 valence electrons. The van der Waals surface area contributed by atoms with Gasteiger partial charge in [0.2, 0.25) is 15.9 Å². The molecule has 10 heteroatoms. The third kappa shape index (κ3) is 4.02. The monoisotopic (exact) mass is 404 g/mol. The van der Waals surface area contributed by atoms with Crippen molar-refractivity contribution < 1.29 is 18.0 Å². The van der Waals surface area contributed by atoms with Crippen molar-refractivity contribution >= 4 is 50.2 Å². The van der Waals surface area contributed by atoms with E-state index in [0.717, 1.165) is 16.0 Å². The Morgan fingerprint density at radius 2 is 1.89 bits per heavy atom. The first kappa shape index (κ1) is 19.1. The smallest absolute Gasteiger partial charge is 0.245 e. The number of carbonyl (C=O) groups excluding carboxylic acids is 2. The van der Waals surface area contributed by atoms with Crippen LogP contribution in [0.2, 0.25) is 0 Å². The van der Waals surface area contributed by atoms with E-state index in [9.17, 15) is 18.0 Å². The Labute approximate surface area is 160 Å². The number of sulfonamides is 1. The molecule has 0 radical (unpaired) electrons. The second-order valence-corrected chi connectivity index (χ2v) is 8.38. The second kappa shape index (κ2) is 7.51. The predicted octanol–water partition coefficient (Wildman–Crippen LogP) is 2.15. The van der Waals surface area contributed by atoms with Crippen LogP contribution in [0.3, 0.4) is 0 Å². The Morgan fingerprint density at radius 3 is 2.63 bits per heavy atom. The average molecular weight is 404 g/mol. The number of benzene rings is 2. The zero-order valence-corrected chi connectivity index (χ0v) is 16.2. The number of ketones is 1. The molecule has 1 amide bonds. The summed E-state index contributed by atoms with van der Waals surface area (Å²) in [4.78, 5) is 23.7. The third-order valence-corrected chi connectivity index (χ3v) is 6.23. The molecule has 0 bridgehead atoms. The van der Waals surface area contributed by atoms with Crippen LogP contribution in [0, 0.1) is 0 Å². The normalized spacial score (nSPS) is 11.7. The number of aromatic nitrogens is 2. The Kier molecular flexibility index (Phi) is 5.31. The van der Waals surface area contributed by atoms with E-state index in [1.54, 1.807) is 30.3 Å². The van der Waals surface area contributed by atoms with Gasteiger partial charge in [-0.1, -0.05) is 18.2 Å². The summed E-state index contributed by atoms with van der Waals surface area (Å²) in [5, 5.41) is 2.60. The van der Waals surface area contributed by atoms with Crippen LogP contribution in [-0.4, -0.2) is 46.8 Å². The van der Waals surface area contributed by atoms with Gasteiger partial charge >= 0.3 is 0 Å². The summed E-state index contributed by atoms with van der Waals surface area (Å²) < 4.78 is 34.6. The second-order valence-electron chi connectivity index (χ2n) is 5.83. The van der Waals surface area contributed by atoms with E-state index in [1.807, 2.05) is 0 Å². The number of nitrogens with zero attached hydrogens (tertiary/aromatic N) is 3. The van der Waals surface area contributed by atoms with Gasteiger partial charge in [0.15, 0.2) is 5.78 Å². The first-order chi connectivity index (χ1) is 12.8. The molecule has 0 saturated carbocycles. The van der Waals surface area contributed by atoms with Gasteiger partial charge in [-0.25, -0.2) is 8.42 Å². The maximum absolute atomic E-state index is 12.8. The molecule has 8 nitrogen and oxygen atoms in total. The molecule has 3 rings (SSSR count). The highest BCUT2D eigenvalue weighted by Gasteiger charge is 2.26. The lowest BCUT2D eigenvalue weighted by Crippen LogP contribution is -2.35. The Bertz CT molecular complexity index is 1120. The molecule has 0 fully saturated rings. The van der Waals surface area contributed by atoms with Crippen molar-refractivity contribution in [2.24, 2.45) is 0 Å². The molecule has 0 aliphatic heterocycles. The molecule has 0 aliphatic carbocycles. The maximum Gasteiger partial charge on any atom is 0.245 e. The average Bonchev–Trinajstić information content (AvgIpc) is 3.10. The van der Waals surface area contributed by atoms with Crippen molar-refractivity contribution in [2.75, 3.05) is 18.9 Å². The first-order valence-electron chi connectivity index (χ1n) is 7.87. The number of Topliss-reactive ketones (excluding diaryl/α,β-unsaturated/α-hetero) is 1. The fraction of sp³-hybridized carbons (Fsp3) is 0.176. The van der Waals surface area contributed by atoms with Gasteiger partial charge in [-0.15, -0.1) is 0 Å². The van der Waals surface area contributed by atoms with Crippen molar-refractivity contribution in [3.8, 4) is 0 Å². The van der Waals surface area contributed by atoms with Gasteiger partial charge in [-0.05, 0) is 31.2 Å². The molecule has 3 aromatic rings. The van der Waals surface area contributed by atoms with Crippen LogP contribution in [0.1, 0.15) is 17.3 Å². The molecule has 0 spiro atoms. The summed E-state index contributed by atoms with van der Waals surface area (Å²) in [6, 6.07) is 11.1. The Hall–Kier alpha value is -2.69. The van der Waals surface area contributed by atoms with Crippen LogP contribution < -0.4 is 5.32 Å². The third-order valence-electron chi connectivity index (χ3n) is 3.86. The van der Waals surface area contributed by atoms with Gasteiger partial charge in [-0.3, -0.25) is 9.59 Å². The summed E-state index contributed by atoms with van der Waals surface area (Å²) in [6.45, 7) is 1.04. The van der Waals surface area contributed by atoms with Crippen molar-refractivity contribution in [3.63, 3.8) is 0 Å². The molecule has 1 aromatic heterocycles. The molecule has 1 N–H and O–H groups in total. The number of fused-ring (bicyclic) bond motifs is 1. The number of hydrogen-bond donors (Lipinski definition) is 1. The summed E-state index contributed by atoms with van der Waals surface area (Å²) in [5.41, 5.74) is 1.64. The standard InChI is InChI=1S/C17H16N4O4S2/c1-11(22)12-5-3-6-13(9-12)18-16(23)10-21(2)27(24,25)15-8-4-7-14-17(15)20-26-19-14/h3-9H,10H2,1-2H3,(H,18,23). The van der Waals surface area contributed by atoms with Gasteiger partial charge in [0, 0.05) is 18.3 Å². The van der Waals surface area contributed by atoms with Crippen LogP contribution in [0.25, 0.3) is 11.0 Å². The zero-order valence-electron chi connectivity index (χ0n) is 14.5. The molecule has 1 heterocycles. The number of rotatable bonds is 6. The molecule has 0 unspecified atom stereocenters. The topological polar surface area (TPSA) is 109 Å². The molecular formula is C17H16N4O4S2. The lowest BCUT2D eigenvalue weighted by atomic mass is 10.1. The van der Waals surface area contributed by atoms with E-state index in [4.69, 9.17) is 0 Å². The minimum atomic E-state index is -3.92. The maximum atomic E-state index is 12.8. The quantitative estimate of drug-likeness (QED) is 0.631. The van der Waals surface area contributed by atoms with Crippen molar-refractivity contribution in [2.45, 2.75) is 11.8 Å². The number of hydrogen-bond acceptors (Lipinski definition) is 7. The molecule has 27 heavy (non-hydrogen) atoms. The van der Waals surface area contributed by atoms with Crippen molar-refractivity contribution in [1.82, 2.24) is 13.1 Å². The van der Waals surface area contributed by atoms with Crippen LogP contribution >= 0.6 is 11.7 Å². The highest BCUT2D eigenvalue weighted by molar-refractivity contribution is 7.89. The minimum Gasteiger partial charge on any atom is -0.325 e. The van der Waals surface area contributed by atoms with Crippen molar-refractivity contribution in [1.29, 1.82) is 0 Å². The first-order valence-corrected chi connectivity index (χ1v) is 10.0. The van der Waals surface area contributed by atoms with Crippen LogP contribution in [-0.2, 0) is 14.8 Å². The number of nitrogens with one attached hydrogen (secondary N) is 1. The summed E-state index contributed by atoms with van der Waals surface area (Å²) in [6.07, 6.45) is 0. The van der Waals surface area contributed by atoms with Crippen LogP contribution in [0.5, 0.6) is 0 Å². The van der Waals surface area contributed by atoms with E-state index in [0.29, 0.717) is 16.8 Å². The molecule has 0 aliphatic rings. The molecule has 2 aromatic carbocycles. The van der Waals surface area contributed by atoms with Gasteiger partial charge in [0.1, 0.15) is 15.9 Å². The summed E-state index contributed by atoms with van der Waals surface area (Å²) >= 11 is 0.924. The lowest BCUT2D eigenvalue weighted by Gasteiger charge is -2.17. The zero-order chi connectivity index (χ0) is 19.6. The fourth-order valence-corrected chi connectivity index (χ4v) is 4.34. The highest BCUT2D eigenvalue weighted by atomic mass is 32.2. The molecule has 0 atom stereocenters. The number of amides is 1. The molecular weight excluding hydrogens is 388 g/mol. The number of carbonyl (C=O) groups is 2. The number of likely N-dealkylation sites (N-methyl/N-ethyl adjacent to an activating group) is 1. The van der Waals surface area contributed by atoms with E-state index in [1.165, 1.54) is 26.1 Å². The van der Waals surface area contributed by atoms with Gasteiger partial charge in [0.25, 0.3) is 0 Å². The van der Waals surface area contributed by atoms with E-state index in [2.05, 4.69) is 14.1 Å². The fourth-order valence-electron chi connectivity index (χ4n) is 2.46. The van der Waals surface area contributed by atoms with Crippen molar-refractivity contribution in [3.05, 3.63) is 48.0 Å². The van der Waals surface area contributed by atoms with E-state index in [-0.39, 0.29) is 22.7 Å².